The number of aryl methyl sites for hydroxylation is 1. The van der Waals surface area contributed by atoms with E-state index in [1.165, 1.54) is 31.4 Å². The average Bonchev–Trinajstić information content (AvgIpc) is 2.46. The minimum absolute atomic E-state index is 0.0331. The van der Waals surface area contributed by atoms with Crippen molar-refractivity contribution in [1.29, 1.82) is 0 Å². The fourth-order valence-corrected chi connectivity index (χ4v) is 3.67. The second kappa shape index (κ2) is 6.19. The summed E-state index contributed by atoms with van der Waals surface area (Å²) in [6.45, 7) is 1.84. The Bertz CT molecular complexity index is 920. The zero-order chi connectivity index (χ0) is 17.3. The lowest BCUT2D eigenvalue weighted by Crippen LogP contribution is -2.16. The van der Waals surface area contributed by atoms with Crippen LogP contribution in [0.5, 0.6) is 5.75 Å². The first kappa shape index (κ1) is 17.3. The lowest BCUT2D eigenvalue weighted by molar-refractivity contribution is 0.403. The highest BCUT2D eigenvalue weighted by atomic mass is 32.2. The standard InChI is InChI=1S/C14H16N2O5S2/c1-10-3-6-12(7-4-10)23(19,20)16-11-5-8-13(21-2)14(9-11)22(15,17)18/h3-9,16H,1-2H3,(H2,15,17,18). The summed E-state index contributed by atoms with van der Waals surface area (Å²) in [6.07, 6.45) is 0. The molecule has 0 saturated carbocycles. The molecule has 0 aliphatic rings. The molecule has 9 heteroatoms. The van der Waals surface area contributed by atoms with E-state index in [2.05, 4.69) is 4.72 Å². The van der Waals surface area contributed by atoms with Gasteiger partial charge in [0.05, 0.1) is 17.7 Å². The third-order valence-corrected chi connectivity index (χ3v) is 5.38. The predicted molar refractivity (Wildman–Crippen MR) is 86.4 cm³/mol. The van der Waals surface area contributed by atoms with Gasteiger partial charge in [0, 0.05) is 0 Å². The number of sulfonamides is 2. The Balaban J connectivity index is 2.42. The van der Waals surface area contributed by atoms with Crippen LogP contribution in [0.15, 0.2) is 52.3 Å². The van der Waals surface area contributed by atoms with Gasteiger partial charge >= 0.3 is 0 Å². The van der Waals surface area contributed by atoms with Gasteiger partial charge < -0.3 is 4.74 Å². The van der Waals surface area contributed by atoms with E-state index in [1.807, 2.05) is 6.92 Å². The molecule has 0 bridgehead atoms. The molecule has 0 amide bonds. The van der Waals surface area contributed by atoms with Crippen LogP contribution in [-0.4, -0.2) is 23.9 Å². The molecule has 2 aromatic rings. The largest absolute Gasteiger partial charge is 0.495 e. The highest BCUT2D eigenvalue weighted by Gasteiger charge is 2.19. The first-order valence-corrected chi connectivity index (χ1v) is 9.47. The van der Waals surface area contributed by atoms with E-state index in [0.29, 0.717) is 0 Å². The molecule has 0 fully saturated rings. The van der Waals surface area contributed by atoms with Crippen LogP contribution in [-0.2, 0) is 20.0 Å². The monoisotopic (exact) mass is 356 g/mol. The molecule has 0 aromatic heterocycles. The zero-order valence-electron chi connectivity index (χ0n) is 12.5. The Morgan fingerprint density at radius 1 is 1.00 bits per heavy atom. The van der Waals surface area contributed by atoms with Crippen molar-refractivity contribution in [3.05, 3.63) is 48.0 Å². The number of ether oxygens (including phenoxy) is 1. The number of methoxy groups -OCH3 is 1. The smallest absolute Gasteiger partial charge is 0.261 e. The van der Waals surface area contributed by atoms with Crippen LogP contribution in [0.25, 0.3) is 0 Å². The lowest BCUT2D eigenvalue weighted by Gasteiger charge is -2.11. The van der Waals surface area contributed by atoms with Gasteiger partial charge in [-0.2, -0.15) is 0 Å². The molecule has 0 aliphatic heterocycles. The average molecular weight is 356 g/mol. The first-order chi connectivity index (χ1) is 10.6. The molecule has 2 aromatic carbocycles. The molecule has 0 heterocycles. The van der Waals surface area contributed by atoms with E-state index in [0.717, 1.165) is 11.6 Å². The number of nitrogens with two attached hydrogens (primary N) is 1. The fourth-order valence-electron chi connectivity index (χ4n) is 1.89. The van der Waals surface area contributed by atoms with Gasteiger partial charge in [-0.3, -0.25) is 4.72 Å². The molecule has 3 N–H and O–H groups in total. The summed E-state index contributed by atoms with van der Waals surface area (Å²) in [5, 5.41) is 5.11. The molecule has 7 nitrogen and oxygen atoms in total. The van der Waals surface area contributed by atoms with Crippen LogP contribution >= 0.6 is 0 Å². The minimum Gasteiger partial charge on any atom is -0.495 e. The topological polar surface area (TPSA) is 116 Å². The molecular weight excluding hydrogens is 340 g/mol. The molecule has 0 aliphatic carbocycles. The van der Waals surface area contributed by atoms with Crippen molar-refractivity contribution in [3.8, 4) is 5.75 Å². The first-order valence-electron chi connectivity index (χ1n) is 6.44. The van der Waals surface area contributed by atoms with Gasteiger partial charge in [0.2, 0.25) is 10.0 Å². The quantitative estimate of drug-likeness (QED) is 0.841. The van der Waals surface area contributed by atoms with Crippen molar-refractivity contribution in [2.75, 3.05) is 11.8 Å². The molecule has 0 unspecified atom stereocenters. The number of primary sulfonamides is 1. The van der Waals surface area contributed by atoms with E-state index < -0.39 is 20.0 Å². The number of hydrogen-bond acceptors (Lipinski definition) is 5. The van der Waals surface area contributed by atoms with E-state index in [4.69, 9.17) is 9.88 Å². The maximum Gasteiger partial charge on any atom is 0.261 e. The molecule has 0 radical (unpaired) electrons. The fraction of sp³-hybridized carbons (Fsp3) is 0.143. The van der Waals surface area contributed by atoms with E-state index in [1.54, 1.807) is 12.1 Å². The van der Waals surface area contributed by atoms with Crippen molar-refractivity contribution >= 4 is 25.7 Å². The minimum atomic E-state index is -4.05. The maximum absolute atomic E-state index is 12.3. The Morgan fingerprint density at radius 2 is 1.61 bits per heavy atom. The summed E-state index contributed by atoms with van der Waals surface area (Å²) in [4.78, 5) is -0.236. The van der Waals surface area contributed by atoms with Gasteiger partial charge in [0.25, 0.3) is 10.0 Å². The Labute approximate surface area is 135 Å². The molecule has 124 valence electrons. The molecule has 2 rings (SSSR count). The third kappa shape index (κ3) is 4.01. The second-order valence-corrected chi connectivity index (χ2v) is 8.04. The zero-order valence-corrected chi connectivity index (χ0v) is 14.1. The van der Waals surface area contributed by atoms with Crippen molar-refractivity contribution < 1.29 is 21.6 Å². The van der Waals surface area contributed by atoms with Crippen LogP contribution in [0.2, 0.25) is 0 Å². The van der Waals surface area contributed by atoms with Crippen molar-refractivity contribution in [2.24, 2.45) is 5.14 Å². The SMILES string of the molecule is COc1ccc(NS(=O)(=O)c2ccc(C)cc2)cc1S(N)(=O)=O. The summed E-state index contributed by atoms with van der Waals surface area (Å²) in [6, 6.07) is 10.1. The molecular formula is C14H16N2O5S2. The van der Waals surface area contributed by atoms with Crippen molar-refractivity contribution in [2.45, 2.75) is 16.7 Å². The predicted octanol–water partition coefficient (Wildman–Crippen LogP) is 1.45. The van der Waals surface area contributed by atoms with Gasteiger partial charge in [-0.05, 0) is 37.3 Å². The van der Waals surface area contributed by atoms with Crippen molar-refractivity contribution in [3.63, 3.8) is 0 Å². The Hall–Kier alpha value is -2.10. The number of rotatable bonds is 5. The summed E-state index contributed by atoms with van der Waals surface area (Å²) < 4.78 is 55.0. The third-order valence-electron chi connectivity index (χ3n) is 3.05. The number of anilines is 1. The Kier molecular flexibility index (Phi) is 4.64. The van der Waals surface area contributed by atoms with Crippen molar-refractivity contribution in [1.82, 2.24) is 0 Å². The Morgan fingerprint density at radius 3 is 2.13 bits per heavy atom. The lowest BCUT2D eigenvalue weighted by atomic mass is 10.2. The highest BCUT2D eigenvalue weighted by molar-refractivity contribution is 7.92. The number of hydrogen-bond donors (Lipinski definition) is 2. The summed E-state index contributed by atoms with van der Waals surface area (Å²) in [7, 11) is -6.60. The number of nitrogens with one attached hydrogen (secondary N) is 1. The van der Waals surface area contributed by atoms with Gasteiger partial charge in [-0.15, -0.1) is 0 Å². The molecule has 0 saturated heterocycles. The van der Waals surface area contributed by atoms with E-state index in [9.17, 15) is 16.8 Å². The molecule has 0 atom stereocenters. The van der Waals surface area contributed by atoms with Crippen LogP contribution in [0.3, 0.4) is 0 Å². The normalized spacial score (nSPS) is 12.0. The summed E-state index contributed by atoms with van der Waals surface area (Å²) in [5.74, 6) is 0.0331. The maximum atomic E-state index is 12.3. The van der Waals surface area contributed by atoms with Gasteiger partial charge in [-0.25, -0.2) is 22.0 Å². The number of benzene rings is 2. The molecule has 23 heavy (non-hydrogen) atoms. The molecule has 0 spiro atoms. The van der Waals surface area contributed by atoms with Gasteiger partial charge in [0.15, 0.2) is 0 Å². The van der Waals surface area contributed by atoms with Crippen LogP contribution in [0, 0.1) is 6.92 Å². The van der Waals surface area contributed by atoms with Gasteiger partial charge in [0.1, 0.15) is 10.6 Å². The van der Waals surface area contributed by atoms with Gasteiger partial charge in [-0.1, -0.05) is 17.7 Å². The van der Waals surface area contributed by atoms with Crippen LogP contribution in [0.1, 0.15) is 5.56 Å². The highest BCUT2D eigenvalue weighted by Crippen LogP contribution is 2.27. The van der Waals surface area contributed by atoms with E-state index in [-0.39, 0.29) is 21.2 Å². The van der Waals surface area contributed by atoms with E-state index >= 15 is 0 Å². The van der Waals surface area contributed by atoms with Crippen LogP contribution in [0.4, 0.5) is 5.69 Å². The second-order valence-electron chi connectivity index (χ2n) is 4.83. The summed E-state index contributed by atoms with van der Waals surface area (Å²) in [5.41, 5.74) is 0.986. The van der Waals surface area contributed by atoms with Crippen LogP contribution < -0.4 is 14.6 Å². The summed E-state index contributed by atoms with van der Waals surface area (Å²) >= 11 is 0.